The molecule has 0 aliphatic carbocycles. The van der Waals surface area contributed by atoms with Crippen molar-refractivity contribution in [3.05, 3.63) is 58.4 Å². The normalized spacial score (nSPS) is 10.3. The molecule has 1 N–H and O–H groups in total. The molecule has 0 atom stereocenters. The van der Waals surface area contributed by atoms with Gasteiger partial charge in [-0.3, -0.25) is 0 Å². The summed E-state index contributed by atoms with van der Waals surface area (Å²) in [5.74, 6) is 0.542. The van der Waals surface area contributed by atoms with Gasteiger partial charge in [-0.25, -0.2) is 4.39 Å². The van der Waals surface area contributed by atoms with Gasteiger partial charge < -0.3 is 10.1 Å². The quantitative estimate of drug-likeness (QED) is 0.895. The van der Waals surface area contributed by atoms with Crippen LogP contribution in [0.25, 0.3) is 0 Å². The number of methoxy groups -OCH3 is 1. The topological polar surface area (TPSA) is 21.3 Å². The minimum Gasteiger partial charge on any atom is -0.496 e. The number of rotatable bonds is 4. The molecule has 2 nitrogen and oxygen atoms in total. The highest BCUT2D eigenvalue weighted by molar-refractivity contribution is 6.30. The Hall–Kier alpha value is -1.74. The molecule has 0 radical (unpaired) electrons. The van der Waals surface area contributed by atoms with Crippen LogP contribution in [0, 0.1) is 12.7 Å². The number of hydrogen-bond donors (Lipinski definition) is 1. The standard InChI is InChI=1S/C15H15ClFNO/c1-10-7-13(17)4-5-14(10)18-9-11-8-12(16)3-6-15(11)19-2/h3-8,18H,9H2,1-2H3. The van der Waals surface area contributed by atoms with E-state index in [9.17, 15) is 4.39 Å². The smallest absolute Gasteiger partial charge is 0.123 e. The molecular weight excluding hydrogens is 265 g/mol. The zero-order valence-electron chi connectivity index (χ0n) is 10.8. The van der Waals surface area contributed by atoms with E-state index < -0.39 is 0 Å². The molecule has 0 aliphatic heterocycles. The van der Waals surface area contributed by atoms with Crippen LogP contribution < -0.4 is 10.1 Å². The van der Waals surface area contributed by atoms with E-state index in [1.807, 2.05) is 19.1 Å². The van der Waals surface area contributed by atoms with Crippen molar-refractivity contribution in [1.29, 1.82) is 0 Å². The number of halogens is 2. The average Bonchev–Trinajstić information content (AvgIpc) is 2.38. The Morgan fingerprint density at radius 1 is 1.21 bits per heavy atom. The molecule has 0 amide bonds. The summed E-state index contributed by atoms with van der Waals surface area (Å²) in [6.07, 6.45) is 0. The Labute approximate surface area is 117 Å². The first-order valence-electron chi connectivity index (χ1n) is 5.92. The number of ether oxygens (including phenoxy) is 1. The molecule has 0 aliphatic rings. The first kappa shape index (κ1) is 13.7. The third-order valence-corrected chi connectivity index (χ3v) is 3.14. The molecule has 2 aromatic rings. The van der Waals surface area contributed by atoms with Gasteiger partial charge in [0, 0.05) is 22.8 Å². The van der Waals surface area contributed by atoms with Crippen molar-refractivity contribution in [2.24, 2.45) is 0 Å². The van der Waals surface area contributed by atoms with Crippen LogP contribution in [0.4, 0.5) is 10.1 Å². The molecule has 0 bridgehead atoms. The Bertz CT molecular complexity index is 586. The number of anilines is 1. The van der Waals surface area contributed by atoms with Gasteiger partial charge in [-0.1, -0.05) is 11.6 Å². The minimum absolute atomic E-state index is 0.233. The van der Waals surface area contributed by atoms with Crippen LogP contribution >= 0.6 is 11.6 Å². The maximum Gasteiger partial charge on any atom is 0.123 e. The van der Waals surface area contributed by atoms with Crippen LogP contribution in [-0.4, -0.2) is 7.11 Å². The summed E-state index contributed by atoms with van der Waals surface area (Å²) in [7, 11) is 1.62. The van der Waals surface area contributed by atoms with Gasteiger partial charge >= 0.3 is 0 Å². The monoisotopic (exact) mass is 279 g/mol. The zero-order valence-corrected chi connectivity index (χ0v) is 11.6. The van der Waals surface area contributed by atoms with Gasteiger partial charge in [0.1, 0.15) is 11.6 Å². The lowest BCUT2D eigenvalue weighted by Crippen LogP contribution is -2.03. The minimum atomic E-state index is -0.233. The summed E-state index contributed by atoms with van der Waals surface area (Å²) in [5.41, 5.74) is 2.71. The summed E-state index contributed by atoms with van der Waals surface area (Å²) in [6.45, 7) is 2.43. The van der Waals surface area contributed by atoms with Gasteiger partial charge in [0.25, 0.3) is 0 Å². The SMILES string of the molecule is COc1ccc(Cl)cc1CNc1ccc(F)cc1C. The van der Waals surface area contributed by atoms with Crippen molar-refractivity contribution in [1.82, 2.24) is 0 Å². The van der Waals surface area contributed by atoms with E-state index in [1.54, 1.807) is 19.2 Å². The first-order chi connectivity index (χ1) is 9.10. The summed E-state index contributed by atoms with van der Waals surface area (Å²) in [5, 5.41) is 3.91. The van der Waals surface area contributed by atoms with Crippen LogP contribution in [0.3, 0.4) is 0 Å². The lowest BCUT2D eigenvalue weighted by Gasteiger charge is -2.12. The third-order valence-electron chi connectivity index (χ3n) is 2.90. The fourth-order valence-corrected chi connectivity index (χ4v) is 2.10. The highest BCUT2D eigenvalue weighted by Gasteiger charge is 2.05. The Kier molecular flexibility index (Phi) is 4.27. The fourth-order valence-electron chi connectivity index (χ4n) is 1.90. The molecule has 0 saturated carbocycles. The maximum atomic E-state index is 13.0. The lowest BCUT2D eigenvalue weighted by atomic mass is 10.1. The molecule has 0 unspecified atom stereocenters. The van der Waals surface area contributed by atoms with Gasteiger partial charge in [-0.2, -0.15) is 0 Å². The van der Waals surface area contributed by atoms with Gasteiger partial charge in [0.2, 0.25) is 0 Å². The Morgan fingerprint density at radius 2 is 2.00 bits per heavy atom. The van der Waals surface area contributed by atoms with E-state index in [0.717, 1.165) is 22.6 Å². The summed E-state index contributed by atoms with van der Waals surface area (Å²) < 4.78 is 18.3. The highest BCUT2D eigenvalue weighted by atomic mass is 35.5. The van der Waals surface area contributed by atoms with Crippen LogP contribution in [-0.2, 0) is 6.54 Å². The van der Waals surface area contributed by atoms with Gasteiger partial charge in [0.15, 0.2) is 0 Å². The first-order valence-corrected chi connectivity index (χ1v) is 6.30. The van der Waals surface area contributed by atoms with Crippen molar-refractivity contribution in [3.8, 4) is 5.75 Å². The Balaban J connectivity index is 2.16. The molecule has 100 valence electrons. The molecule has 2 rings (SSSR count). The van der Waals surface area contributed by atoms with Crippen LogP contribution in [0.5, 0.6) is 5.75 Å². The average molecular weight is 280 g/mol. The number of benzene rings is 2. The largest absolute Gasteiger partial charge is 0.496 e. The van der Waals surface area contributed by atoms with Crippen LogP contribution in [0.2, 0.25) is 5.02 Å². The van der Waals surface area contributed by atoms with Crippen molar-refractivity contribution >= 4 is 17.3 Å². The van der Waals surface area contributed by atoms with E-state index in [0.29, 0.717) is 11.6 Å². The van der Waals surface area contributed by atoms with E-state index >= 15 is 0 Å². The predicted octanol–water partition coefficient (Wildman–Crippen LogP) is 4.41. The second-order valence-corrected chi connectivity index (χ2v) is 4.71. The van der Waals surface area contributed by atoms with Gasteiger partial charge in [-0.05, 0) is 48.9 Å². The molecule has 19 heavy (non-hydrogen) atoms. The van der Waals surface area contributed by atoms with Crippen molar-refractivity contribution in [3.63, 3.8) is 0 Å². The molecular formula is C15H15ClFNO. The summed E-state index contributed by atoms with van der Waals surface area (Å²) in [4.78, 5) is 0. The summed E-state index contributed by atoms with van der Waals surface area (Å²) in [6, 6.07) is 10.1. The van der Waals surface area contributed by atoms with Crippen LogP contribution in [0.1, 0.15) is 11.1 Å². The lowest BCUT2D eigenvalue weighted by molar-refractivity contribution is 0.410. The number of aryl methyl sites for hydroxylation is 1. The molecule has 2 aromatic carbocycles. The summed E-state index contributed by atoms with van der Waals surface area (Å²) >= 11 is 5.97. The molecule has 4 heteroatoms. The number of hydrogen-bond acceptors (Lipinski definition) is 2. The molecule has 0 spiro atoms. The Morgan fingerprint density at radius 3 is 2.68 bits per heavy atom. The zero-order chi connectivity index (χ0) is 13.8. The van der Waals surface area contributed by atoms with E-state index in [-0.39, 0.29) is 5.82 Å². The van der Waals surface area contributed by atoms with E-state index in [4.69, 9.17) is 16.3 Å². The van der Waals surface area contributed by atoms with Crippen LogP contribution in [0.15, 0.2) is 36.4 Å². The molecule has 0 saturated heterocycles. The van der Waals surface area contributed by atoms with Gasteiger partial charge in [-0.15, -0.1) is 0 Å². The second kappa shape index (κ2) is 5.93. The number of nitrogens with one attached hydrogen (secondary N) is 1. The maximum absolute atomic E-state index is 13.0. The van der Waals surface area contributed by atoms with Crippen molar-refractivity contribution < 1.29 is 9.13 Å². The highest BCUT2D eigenvalue weighted by Crippen LogP contribution is 2.24. The van der Waals surface area contributed by atoms with Crippen molar-refractivity contribution in [2.45, 2.75) is 13.5 Å². The molecule has 0 fully saturated rings. The molecule has 0 aromatic heterocycles. The van der Waals surface area contributed by atoms with Gasteiger partial charge in [0.05, 0.1) is 7.11 Å². The predicted molar refractivity (Wildman–Crippen MR) is 76.5 cm³/mol. The van der Waals surface area contributed by atoms with Crippen molar-refractivity contribution in [2.75, 3.05) is 12.4 Å². The second-order valence-electron chi connectivity index (χ2n) is 4.27. The van der Waals surface area contributed by atoms with E-state index in [1.165, 1.54) is 12.1 Å². The van der Waals surface area contributed by atoms with E-state index in [2.05, 4.69) is 5.32 Å². The molecule has 0 heterocycles. The fraction of sp³-hybridized carbons (Fsp3) is 0.200. The third kappa shape index (κ3) is 3.38.